The van der Waals surface area contributed by atoms with Crippen LogP contribution in [0, 0.1) is 0 Å². The lowest BCUT2D eigenvalue weighted by Crippen LogP contribution is -2.00. The molecule has 0 saturated heterocycles. The van der Waals surface area contributed by atoms with Crippen molar-refractivity contribution >= 4 is 28.7 Å². The van der Waals surface area contributed by atoms with Crippen LogP contribution in [0.1, 0.15) is 16.1 Å². The summed E-state index contributed by atoms with van der Waals surface area (Å²) in [5, 5.41) is 2.56. The fraction of sp³-hybridized carbons (Fsp3) is 0.231. The number of carbonyl (C=O) groups is 1. The molecule has 0 fully saturated rings. The number of halogens is 1. The van der Waals surface area contributed by atoms with Crippen LogP contribution < -0.4 is 0 Å². The normalized spacial score (nSPS) is 10.6. The first-order valence-electron chi connectivity index (χ1n) is 5.38. The minimum absolute atomic E-state index is 0.0388. The Bertz CT molecular complexity index is 553. The van der Waals surface area contributed by atoms with Crippen molar-refractivity contribution in [2.75, 3.05) is 13.0 Å². The number of hydrogen-bond acceptors (Lipinski definition) is 4. The Labute approximate surface area is 114 Å². The second kappa shape index (κ2) is 6.09. The third-order valence-electron chi connectivity index (χ3n) is 2.46. The largest absolute Gasteiger partial charge is 0.380 e. The van der Waals surface area contributed by atoms with Crippen molar-refractivity contribution < 1.29 is 9.53 Å². The van der Waals surface area contributed by atoms with Crippen LogP contribution in [0.2, 0.25) is 0 Å². The zero-order chi connectivity index (χ0) is 13.0. The fourth-order valence-corrected chi connectivity index (χ4v) is 2.63. The maximum atomic E-state index is 11.5. The van der Waals surface area contributed by atoms with E-state index in [9.17, 15) is 4.79 Å². The lowest BCUT2D eigenvalue weighted by Gasteiger charge is -2.05. The molecule has 0 unspecified atom stereocenters. The van der Waals surface area contributed by atoms with Crippen molar-refractivity contribution in [3.8, 4) is 10.6 Å². The van der Waals surface area contributed by atoms with Crippen molar-refractivity contribution in [1.82, 2.24) is 4.98 Å². The molecule has 0 atom stereocenters. The number of hydrogen-bond donors (Lipinski definition) is 0. The van der Waals surface area contributed by atoms with E-state index in [1.807, 2.05) is 24.3 Å². The number of ketones is 1. The Kier molecular flexibility index (Phi) is 4.47. The number of carbonyl (C=O) groups excluding carboxylic acids is 1. The van der Waals surface area contributed by atoms with Gasteiger partial charge in [0.05, 0.1) is 12.5 Å². The van der Waals surface area contributed by atoms with Gasteiger partial charge in [0.25, 0.3) is 0 Å². The van der Waals surface area contributed by atoms with Gasteiger partial charge in [-0.2, -0.15) is 0 Å². The summed E-state index contributed by atoms with van der Waals surface area (Å²) < 4.78 is 5.15. The third-order valence-corrected chi connectivity index (χ3v) is 3.58. The fourth-order valence-electron chi connectivity index (χ4n) is 1.60. The molecule has 0 aliphatic carbocycles. The summed E-state index contributed by atoms with van der Waals surface area (Å²) in [6, 6.07) is 7.86. The number of benzene rings is 1. The lowest BCUT2D eigenvalue weighted by atomic mass is 10.1. The molecule has 0 bridgehead atoms. The van der Waals surface area contributed by atoms with Crippen LogP contribution in [-0.4, -0.2) is 23.8 Å². The van der Waals surface area contributed by atoms with Crippen LogP contribution in [0.4, 0.5) is 0 Å². The Morgan fingerprint density at radius 3 is 2.94 bits per heavy atom. The summed E-state index contributed by atoms with van der Waals surface area (Å²) in [6.07, 6.45) is 0. The van der Waals surface area contributed by atoms with Crippen molar-refractivity contribution in [3.05, 3.63) is 40.9 Å². The zero-order valence-electron chi connectivity index (χ0n) is 9.85. The van der Waals surface area contributed by atoms with Crippen molar-refractivity contribution in [2.45, 2.75) is 6.61 Å². The number of thiazole rings is 1. The first-order valence-corrected chi connectivity index (χ1v) is 6.79. The Morgan fingerprint density at radius 1 is 1.44 bits per heavy atom. The molecule has 0 aliphatic heterocycles. The molecule has 0 saturated carbocycles. The summed E-state index contributed by atoms with van der Waals surface area (Å²) >= 11 is 6.96. The highest BCUT2D eigenvalue weighted by Gasteiger charge is 2.12. The van der Waals surface area contributed by atoms with Gasteiger partial charge in [0.15, 0.2) is 5.78 Å². The molecule has 0 amide bonds. The summed E-state index contributed by atoms with van der Waals surface area (Å²) in [6.45, 7) is 0.522. The summed E-state index contributed by atoms with van der Waals surface area (Å²) in [7, 11) is 1.65. The Balaban J connectivity index is 2.36. The molecular formula is C13H12ClNO2S. The van der Waals surface area contributed by atoms with Crippen LogP contribution in [0.5, 0.6) is 0 Å². The van der Waals surface area contributed by atoms with Crippen molar-refractivity contribution in [3.63, 3.8) is 0 Å². The minimum atomic E-state index is -0.150. The number of aromatic nitrogens is 1. The van der Waals surface area contributed by atoms with Gasteiger partial charge >= 0.3 is 0 Å². The van der Waals surface area contributed by atoms with Gasteiger partial charge in [-0.3, -0.25) is 4.79 Å². The SMILES string of the molecule is COCc1ccccc1-c1nc(C(=O)CCl)cs1. The van der Waals surface area contributed by atoms with Gasteiger partial charge in [0.1, 0.15) is 10.7 Å². The van der Waals surface area contributed by atoms with E-state index in [4.69, 9.17) is 16.3 Å². The predicted molar refractivity (Wildman–Crippen MR) is 73.3 cm³/mol. The zero-order valence-corrected chi connectivity index (χ0v) is 11.4. The highest BCUT2D eigenvalue weighted by Crippen LogP contribution is 2.27. The van der Waals surface area contributed by atoms with E-state index < -0.39 is 0 Å². The Morgan fingerprint density at radius 2 is 2.22 bits per heavy atom. The van der Waals surface area contributed by atoms with Crippen LogP contribution in [0.15, 0.2) is 29.6 Å². The molecule has 1 aromatic carbocycles. The number of Topliss-reactive ketones (excluding diaryl/α,β-unsaturated/α-hetero) is 1. The minimum Gasteiger partial charge on any atom is -0.380 e. The van der Waals surface area contributed by atoms with Gasteiger partial charge in [0.2, 0.25) is 0 Å². The van der Waals surface area contributed by atoms with Crippen molar-refractivity contribution in [2.24, 2.45) is 0 Å². The summed E-state index contributed by atoms with van der Waals surface area (Å²) in [4.78, 5) is 15.8. The van der Waals surface area contributed by atoms with Gasteiger partial charge in [-0.1, -0.05) is 24.3 Å². The van der Waals surface area contributed by atoms with Gasteiger partial charge in [-0.05, 0) is 5.56 Å². The van der Waals surface area contributed by atoms with Crippen LogP contribution in [0.3, 0.4) is 0 Å². The predicted octanol–water partition coefficient (Wildman–Crippen LogP) is 3.38. The molecule has 1 aromatic heterocycles. The number of nitrogens with zero attached hydrogens (tertiary/aromatic N) is 1. The standard InChI is InChI=1S/C13H12ClNO2S/c1-17-7-9-4-2-3-5-10(9)13-15-11(8-18-13)12(16)6-14/h2-5,8H,6-7H2,1H3. The third kappa shape index (κ3) is 2.77. The lowest BCUT2D eigenvalue weighted by molar-refractivity contribution is 0.101. The molecule has 0 aliphatic rings. The summed E-state index contributed by atoms with van der Waals surface area (Å²) in [5.74, 6) is -0.188. The monoisotopic (exact) mass is 281 g/mol. The van der Waals surface area contributed by atoms with E-state index in [0.29, 0.717) is 12.3 Å². The number of ether oxygens (including phenoxy) is 1. The average Bonchev–Trinajstić information content (AvgIpc) is 2.88. The first kappa shape index (κ1) is 13.2. The van der Waals surface area contributed by atoms with Gasteiger partial charge in [-0.15, -0.1) is 22.9 Å². The van der Waals surface area contributed by atoms with Gasteiger partial charge in [-0.25, -0.2) is 4.98 Å². The molecule has 18 heavy (non-hydrogen) atoms. The van der Waals surface area contributed by atoms with E-state index in [-0.39, 0.29) is 11.7 Å². The molecule has 1 heterocycles. The van der Waals surface area contributed by atoms with E-state index in [2.05, 4.69) is 4.98 Å². The molecule has 0 spiro atoms. The van der Waals surface area contributed by atoms with Gasteiger partial charge in [0, 0.05) is 18.1 Å². The number of alkyl halides is 1. The van der Waals surface area contributed by atoms with E-state index in [1.54, 1.807) is 12.5 Å². The highest BCUT2D eigenvalue weighted by atomic mass is 35.5. The highest BCUT2D eigenvalue weighted by molar-refractivity contribution is 7.13. The molecule has 5 heteroatoms. The van der Waals surface area contributed by atoms with Gasteiger partial charge < -0.3 is 4.74 Å². The maximum Gasteiger partial charge on any atom is 0.196 e. The molecule has 3 nitrogen and oxygen atoms in total. The second-order valence-electron chi connectivity index (χ2n) is 3.68. The smallest absolute Gasteiger partial charge is 0.196 e. The number of methoxy groups -OCH3 is 1. The van der Waals surface area contributed by atoms with Crippen molar-refractivity contribution in [1.29, 1.82) is 0 Å². The maximum absolute atomic E-state index is 11.5. The Hall–Kier alpha value is -1.23. The molecule has 2 rings (SSSR count). The first-order chi connectivity index (χ1) is 8.76. The molecular weight excluding hydrogens is 270 g/mol. The molecule has 94 valence electrons. The van der Waals surface area contributed by atoms with E-state index in [0.717, 1.165) is 16.1 Å². The van der Waals surface area contributed by atoms with Crippen LogP contribution in [-0.2, 0) is 11.3 Å². The average molecular weight is 282 g/mol. The second-order valence-corrected chi connectivity index (χ2v) is 4.81. The number of rotatable bonds is 5. The topological polar surface area (TPSA) is 39.2 Å². The molecule has 0 N–H and O–H groups in total. The van der Waals surface area contributed by atoms with Crippen LogP contribution >= 0.6 is 22.9 Å². The molecule has 0 radical (unpaired) electrons. The van der Waals surface area contributed by atoms with E-state index in [1.165, 1.54) is 11.3 Å². The summed E-state index contributed by atoms with van der Waals surface area (Å²) in [5.41, 5.74) is 2.48. The van der Waals surface area contributed by atoms with Crippen LogP contribution in [0.25, 0.3) is 10.6 Å². The molecule has 2 aromatic rings. The quantitative estimate of drug-likeness (QED) is 0.623. The van der Waals surface area contributed by atoms with E-state index >= 15 is 0 Å².